The third-order valence-corrected chi connectivity index (χ3v) is 4.31. The van der Waals surface area contributed by atoms with Gasteiger partial charge >= 0.3 is 0 Å². The Bertz CT molecular complexity index is 478. The Morgan fingerprint density at radius 1 is 1.44 bits per heavy atom. The highest BCUT2D eigenvalue weighted by atomic mass is 32.1. The van der Waals surface area contributed by atoms with E-state index < -0.39 is 0 Å². The molecule has 2 heterocycles. The van der Waals surface area contributed by atoms with Crippen LogP contribution in [0.5, 0.6) is 0 Å². The molecule has 2 N–H and O–H groups in total. The first-order valence-corrected chi connectivity index (χ1v) is 6.99. The van der Waals surface area contributed by atoms with Crippen molar-refractivity contribution in [3.63, 3.8) is 0 Å². The summed E-state index contributed by atoms with van der Waals surface area (Å²) in [5.74, 6) is 0. The molecule has 0 fully saturated rings. The summed E-state index contributed by atoms with van der Waals surface area (Å²) in [4.78, 5) is 2.60. The third-order valence-electron chi connectivity index (χ3n) is 2.51. The molecule has 3 heteroatoms. The summed E-state index contributed by atoms with van der Waals surface area (Å²) in [6, 6.07) is 6.59. The molecule has 16 heavy (non-hydrogen) atoms. The van der Waals surface area contributed by atoms with Gasteiger partial charge in [-0.15, -0.1) is 22.7 Å². The molecule has 0 aliphatic heterocycles. The van der Waals surface area contributed by atoms with Crippen LogP contribution < -0.4 is 5.73 Å². The fraction of sp³-hybridized carbons (Fsp3) is 0.231. The van der Waals surface area contributed by atoms with Gasteiger partial charge in [-0.05, 0) is 42.8 Å². The Morgan fingerprint density at radius 3 is 2.88 bits per heavy atom. The standard InChI is InChI=1S/C13H15NS2/c1-9(10(2)14)6-12-7-11(8-16-12)13-4-3-5-15-13/h3-8,10H,14H2,1-2H3/b9-6+. The average molecular weight is 249 g/mol. The molecule has 1 unspecified atom stereocenters. The second-order valence-electron chi connectivity index (χ2n) is 3.89. The van der Waals surface area contributed by atoms with Gasteiger partial charge in [0.2, 0.25) is 0 Å². The van der Waals surface area contributed by atoms with Crippen LogP contribution in [-0.4, -0.2) is 6.04 Å². The van der Waals surface area contributed by atoms with E-state index in [1.807, 2.05) is 6.92 Å². The van der Waals surface area contributed by atoms with Crippen LogP contribution in [0.1, 0.15) is 18.7 Å². The summed E-state index contributed by atoms with van der Waals surface area (Å²) in [7, 11) is 0. The van der Waals surface area contributed by atoms with Crippen molar-refractivity contribution in [1.82, 2.24) is 0 Å². The Labute approximate surface area is 104 Å². The Morgan fingerprint density at radius 2 is 2.25 bits per heavy atom. The van der Waals surface area contributed by atoms with E-state index >= 15 is 0 Å². The fourth-order valence-corrected chi connectivity index (χ4v) is 3.05. The van der Waals surface area contributed by atoms with E-state index in [0.29, 0.717) is 0 Å². The molecule has 0 radical (unpaired) electrons. The predicted molar refractivity (Wildman–Crippen MR) is 74.9 cm³/mol. The number of rotatable bonds is 3. The predicted octanol–water partition coefficient (Wildman–Crippen LogP) is 4.23. The lowest BCUT2D eigenvalue weighted by molar-refractivity contribution is 0.868. The molecule has 0 spiro atoms. The van der Waals surface area contributed by atoms with Crippen LogP contribution in [0, 0.1) is 0 Å². The van der Waals surface area contributed by atoms with Gasteiger partial charge in [0.05, 0.1) is 0 Å². The summed E-state index contributed by atoms with van der Waals surface area (Å²) in [6.07, 6.45) is 2.17. The van der Waals surface area contributed by atoms with Crippen molar-refractivity contribution in [1.29, 1.82) is 0 Å². The molecule has 0 bridgehead atoms. The van der Waals surface area contributed by atoms with Crippen molar-refractivity contribution >= 4 is 28.7 Å². The van der Waals surface area contributed by atoms with Crippen molar-refractivity contribution in [2.45, 2.75) is 19.9 Å². The van der Waals surface area contributed by atoms with Gasteiger partial charge in [0.1, 0.15) is 0 Å². The van der Waals surface area contributed by atoms with Crippen LogP contribution in [0.3, 0.4) is 0 Å². The molecular weight excluding hydrogens is 234 g/mol. The van der Waals surface area contributed by atoms with E-state index in [1.165, 1.54) is 20.9 Å². The van der Waals surface area contributed by atoms with Gasteiger partial charge < -0.3 is 5.73 Å². The summed E-state index contributed by atoms with van der Waals surface area (Å²) in [6.45, 7) is 4.09. The Hall–Kier alpha value is -0.900. The summed E-state index contributed by atoms with van der Waals surface area (Å²) in [5.41, 5.74) is 8.35. The highest BCUT2D eigenvalue weighted by Gasteiger charge is 2.03. The van der Waals surface area contributed by atoms with Gasteiger partial charge in [0, 0.05) is 21.4 Å². The van der Waals surface area contributed by atoms with Crippen LogP contribution in [0.2, 0.25) is 0 Å². The molecule has 1 atom stereocenters. The average Bonchev–Trinajstić information content (AvgIpc) is 2.85. The van der Waals surface area contributed by atoms with Crippen LogP contribution in [0.15, 0.2) is 34.5 Å². The molecular formula is C13H15NS2. The molecule has 0 aliphatic carbocycles. The molecule has 0 saturated carbocycles. The monoisotopic (exact) mass is 249 g/mol. The molecule has 2 aromatic heterocycles. The topological polar surface area (TPSA) is 26.0 Å². The van der Waals surface area contributed by atoms with Crippen molar-refractivity contribution in [3.8, 4) is 10.4 Å². The number of hydrogen-bond acceptors (Lipinski definition) is 3. The van der Waals surface area contributed by atoms with Gasteiger partial charge in [-0.25, -0.2) is 0 Å². The zero-order chi connectivity index (χ0) is 11.5. The normalized spacial score (nSPS) is 14.1. The second kappa shape index (κ2) is 4.95. The zero-order valence-electron chi connectivity index (χ0n) is 9.44. The van der Waals surface area contributed by atoms with Crippen LogP contribution in [-0.2, 0) is 0 Å². The summed E-state index contributed by atoms with van der Waals surface area (Å²) < 4.78 is 0. The molecule has 2 aromatic rings. The van der Waals surface area contributed by atoms with E-state index in [1.54, 1.807) is 22.7 Å². The number of thiophene rings is 2. The minimum absolute atomic E-state index is 0.132. The maximum absolute atomic E-state index is 5.82. The van der Waals surface area contributed by atoms with E-state index in [9.17, 15) is 0 Å². The molecule has 84 valence electrons. The van der Waals surface area contributed by atoms with Crippen LogP contribution in [0.4, 0.5) is 0 Å². The molecule has 0 amide bonds. The third kappa shape index (κ3) is 2.61. The summed E-state index contributed by atoms with van der Waals surface area (Å²) >= 11 is 3.54. The van der Waals surface area contributed by atoms with E-state index in [2.05, 4.69) is 42.0 Å². The quantitative estimate of drug-likeness (QED) is 0.865. The summed E-state index contributed by atoms with van der Waals surface area (Å²) in [5, 5.41) is 4.31. The molecule has 0 aromatic carbocycles. The molecule has 2 rings (SSSR count). The largest absolute Gasteiger partial charge is 0.324 e. The lowest BCUT2D eigenvalue weighted by atomic mass is 10.1. The molecule has 0 aliphatic rings. The molecule has 0 saturated heterocycles. The van der Waals surface area contributed by atoms with Crippen molar-refractivity contribution in [2.24, 2.45) is 5.73 Å². The lowest BCUT2D eigenvalue weighted by Gasteiger charge is -2.03. The smallest absolute Gasteiger partial charge is 0.0351 e. The SMILES string of the molecule is C/C(=C\c1cc(-c2cccs2)cs1)C(C)N. The highest BCUT2D eigenvalue weighted by molar-refractivity contribution is 7.15. The van der Waals surface area contributed by atoms with E-state index in [0.717, 1.165) is 0 Å². The second-order valence-corrected chi connectivity index (χ2v) is 5.78. The van der Waals surface area contributed by atoms with Gasteiger partial charge in [0.15, 0.2) is 0 Å². The first-order chi connectivity index (χ1) is 7.66. The van der Waals surface area contributed by atoms with Gasteiger partial charge in [-0.2, -0.15) is 0 Å². The first-order valence-electron chi connectivity index (χ1n) is 5.23. The minimum Gasteiger partial charge on any atom is -0.324 e. The van der Waals surface area contributed by atoms with Crippen molar-refractivity contribution in [2.75, 3.05) is 0 Å². The zero-order valence-corrected chi connectivity index (χ0v) is 11.1. The van der Waals surface area contributed by atoms with E-state index in [4.69, 9.17) is 5.73 Å². The number of nitrogens with two attached hydrogens (primary N) is 1. The lowest BCUT2D eigenvalue weighted by Crippen LogP contribution is -2.15. The van der Waals surface area contributed by atoms with Crippen LogP contribution in [0.25, 0.3) is 16.5 Å². The van der Waals surface area contributed by atoms with Crippen molar-refractivity contribution < 1.29 is 0 Å². The minimum atomic E-state index is 0.132. The maximum Gasteiger partial charge on any atom is 0.0351 e. The molecule has 1 nitrogen and oxygen atoms in total. The van der Waals surface area contributed by atoms with Crippen LogP contribution >= 0.6 is 22.7 Å². The highest BCUT2D eigenvalue weighted by Crippen LogP contribution is 2.30. The first kappa shape index (κ1) is 11.6. The van der Waals surface area contributed by atoms with E-state index in [-0.39, 0.29) is 6.04 Å². The van der Waals surface area contributed by atoms with Gasteiger partial charge in [0.25, 0.3) is 0 Å². The Kier molecular flexibility index (Phi) is 3.59. The van der Waals surface area contributed by atoms with Crippen molar-refractivity contribution in [3.05, 3.63) is 39.4 Å². The number of hydrogen-bond donors (Lipinski definition) is 1. The van der Waals surface area contributed by atoms with Gasteiger partial charge in [-0.1, -0.05) is 11.6 Å². The maximum atomic E-state index is 5.82. The Balaban J connectivity index is 2.24. The van der Waals surface area contributed by atoms with Gasteiger partial charge in [-0.3, -0.25) is 0 Å². The fourth-order valence-electron chi connectivity index (χ4n) is 1.36.